The van der Waals surface area contributed by atoms with Crippen molar-refractivity contribution in [1.82, 2.24) is 0 Å². The summed E-state index contributed by atoms with van der Waals surface area (Å²) in [6, 6.07) is 26.7. The minimum Gasteiger partial charge on any atom is -0.489 e. The molecule has 4 rings (SSSR count). The number of para-hydroxylation sites is 1. The maximum absolute atomic E-state index is 12.8. The molecule has 0 aromatic heterocycles. The number of aryl methyl sites for hydroxylation is 2. The standard InChI is InChI=1S/C35H36O7/c1-5-38-35(37)33-25(3)17-31(39-21-27-12-7-6-8-13-27)19-32(33)41-22-28-14-10-16-30(18-28)40-23-29-15-9-11-24(2)34(29)42-20-26(4)36/h6-19H,5,20-23H2,1-4H3. The molecule has 0 unspecified atom stereocenters. The Morgan fingerprint density at radius 2 is 1.38 bits per heavy atom. The van der Waals surface area contributed by atoms with Crippen molar-refractivity contribution in [3.8, 4) is 23.0 Å². The van der Waals surface area contributed by atoms with Gasteiger partial charge in [-0.1, -0.05) is 60.7 Å². The quantitative estimate of drug-likeness (QED) is 0.149. The monoisotopic (exact) mass is 568 g/mol. The lowest BCUT2D eigenvalue weighted by Crippen LogP contribution is -2.11. The first kappa shape index (κ1) is 30.2. The molecule has 218 valence electrons. The third-order valence-electron chi connectivity index (χ3n) is 6.40. The van der Waals surface area contributed by atoms with Gasteiger partial charge >= 0.3 is 5.97 Å². The Balaban J connectivity index is 1.48. The minimum atomic E-state index is -0.447. The lowest BCUT2D eigenvalue weighted by atomic mass is 10.1. The molecule has 42 heavy (non-hydrogen) atoms. The summed E-state index contributed by atoms with van der Waals surface area (Å²) in [6.45, 7) is 8.16. The molecule has 0 atom stereocenters. The molecule has 0 amide bonds. The van der Waals surface area contributed by atoms with E-state index in [1.807, 2.05) is 92.7 Å². The van der Waals surface area contributed by atoms with E-state index in [1.54, 1.807) is 13.0 Å². The van der Waals surface area contributed by atoms with Crippen LogP contribution >= 0.6 is 0 Å². The predicted molar refractivity (Wildman–Crippen MR) is 160 cm³/mol. The van der Waals surface area contributed by atoms with Gasteiger partial charge in [-0.05, 0) is 68.1 Å². The van der Waals surface area contributed by atoms with E-state index >= 15 is 0 Å². The zero-order valence-electron chi connectivity index (χ0n) is 24.5. The fraction of sp³-hybridized carbons (Fsp3) is 0.257. The highest BCUT2D eigenvalue weighted by Crippen LogP contribution is 2.31. The van der Waals surface area contributed by atoms with Crippen molar-refractivity contribution in [2.24, 2.45) is 0 Å². The molecule has 7 nitrogen and oxygen atoms in total. The number of benzene rings is 4. The topological polar surface area (TPSA) is 80.3 Å². The van der Waals surface area contributed by atoms with Gasteiger partial charge in [-0.2, -0.15) is 0 Å². The number of ketones is 1. The van der Waals surface area contributed by atoms with Gasteiger partial charge in [0.05, 0.1) is 6.61 Å². The average molecular weight is 569 g/mol. The van der Waals surface area contributed by atoms with Crippen LogP contribution < -0.4 is 18.9 Å². The van der Waals surface area contributed by atoms with Crippen LogP contribution in [0.1, 0.15) is 52.0 Å². The molecule has 0 heterocycles. The summed E-state index contributed by atoms with van der Waals surface area (Å²) in [5.74, 6) is 1.79. The molecule has 4 aromatic rings. The van der Waals surface area contributed by atoms with E-state index in [9.17, 15) is 9.59 Å². The Labute approximate surface area is 247 Å². The molecule has 0 aliphatic carbocycles. The van der Waals surface area contributed by atoms with Gasteiger partial charge in [0, 0.05) is 11.6 Å². The summed E-state index contributed by atoms with van der Waals surface area (Å²) < 4.78 is 29.3. The first-order valence-corrected chi connectivity index (χ1v) is 13.9. The van der Waals surface area contributed by atoms with E-state index in [2.05, 4.69) is 0 Å². The number of hydrogen-bond donors (Lipinski definition) is 0. The van der Waals surface area contributed by atoms with E-state index < -0.39 is 5.97 Å². The Kier molecular flexibility index (Phi) is 10.6. The van der Waals surface area contributed by atoms with Crippen LogP contribution in [0.25, 0.3) is 0 Å². The molecule has 0 bridgehead atoms. The fourth-order valence-corrected chi connectivity index (χ4v) is 4.38. The highest BCUT2D eigenvalue weighted by molar-refractivity contribution is 5.94. The van der Waals surface area contributed by atoms with E-state index in [4.69, 9.17) is 23.7 Å². The van der Waals surface area contributed by atoms with Crippen LogP contribution in [0, 0.1) is 13.8 Å². The second-order valence-electron chi connectivity index (χ2n) is 9.89. The Morgan fingerprint density at radius 3 is 2.14 bits per heavy atom. The average Bonchev–Trinajstić information content (AvgIpc) is 2.98. The van der Waals surface area contributed by atoms with Gasteiger partial charge in [-0.25, -0.2) is 4.79 Å². The van der Waals surface area contributed by atoms with E-state index in [0.29, 0.717) is 40.7 Å². The van der Waals surface area contributed by atoms with E-state index in [0.717, 1.165) is 22.3 Å². The van der Waals surface area contributed by atoms with Gasteiger partial charge < -0.3 is 23.7 Å². The van der Waals surface area contributed by atoms with Crippen molar-refractivity contribution in [1.29, 1.82) is 0 Å². The molecule has 0 fully saturated rings. The van der Waals surface area contributed by atoms with Crippen LogP contribution in [0.5, 0.6) is 23.0 Å². The SMILES string of the molecule is CCOC(=O)c1c(C)cc(OCc2ccccc2)cc1OCc1cccc(OCc2cccc(C)c2OCC(C)=O)c1. The molecule has 0 saturated carbocycles. The second kappa shape index (κ2) is 14.7. The second-order valence-corrected chi connectivity index (χ2v) is 9.89. The van der Waals surface area contributed by atoms with Crippen molar-refractivity contribution < 1.29 is 33.3 Å². The summed E-state index contributed by atoms with van der Waals surface area (Å²) in [6.07, 6.45) is 0. The lowest BCUT2D eigenvalue weighted by molar-refractivity contribution is -0.118. The molecule has 0 radical (unpaired) electrons. The van der Waals surface area contributed by atoms with Gasteiger partial charge in [0.25, 0.3) is 0 Å². The maximum Gasteiger partial charge on any atom is 0.342 e. The van der Waals surface area contributed by atoms with Crippen LogP contribution in [0.15, 0.2) is 84.9 Å². The Hall–Kier alpha value is -4.78. The van der Waals surface area contributed by atoms with Crippen molar-refractivity contribution in [3.63, 3.8) is 0 Å². The van der Waals surface area contributed by atoms with Gasteiger partial charge in [-0.3, -0.25) is 4.79 Å². The van der Waals surface area contributed by atoms with Gasteiger partial charge in [0.2, 0.25) is 0 Å². The third kappa shape index (κ3) is 8.36. The lowest BCUT2D eigenvalue weighted by Gasteiger charge is -2.17. The summed E-state index contributed by atoms with van der Waals surface area (Å²) in [4.78, 5) is 24.2. The van der Waals surface area contributed by atoms with Gasteiger partial charge in [-0.15, -0.1) is 0 Å². The zero-order chi connectivity index (χ0) is 29.9. The summed E-state index contributed by atoms with van der Waals surface area (Å²) in [5, 5.41) is 0. The van der Waals surface area contributed by atoms with Crippen LogP contribution in [0.3, 0.4) is 0 Å². The van der Waals surface area contributed by atoms with Crippen LogP contribution in [-0.2, 0) is 29.4 Å². The molecule has 0 N–H and O–H groups in total. The van der Waals surface area contributed by atoms with Crippen molar-refractivity contribution in [2.75, 3.05) is 13.2 Å². The highest BCUT2D eigenvalue weighted by atomic mass is 16.5. The number of esters is 1. The summed E-state index contributed by atoms with van der Waals surface area (Å²) in [7, 11) is 0. The molecule has 0 aliphatic heterocycles. The van der Waals surface area contributed by atoms with Gasteiger partial charge in [0.1, 0.15) is 55.0 Å². The molecular formula is C35H36O7. The van der Waals surface area contributed by atoms with Crippen LogP contribution in [-0.4, -0.2) is 25.0 Å². The molecule has 4 aromatic carbocycles. The Morgan fingerprint density at radius 1 is 0.667 bits per heavy atom. The van der Waals surface area contributed by atoms with Crippen molar-refractivity contribution >= 4 is 11.8 Å². The Bertz CT molecular complexity index is 1510. The van der Waals surface area contributed by atoms with E-state index in [1.165, 1.54) is 6.92 Å². The van der Waals surface area contributed by atoms with E-state index in [-0.39, 0.29) is 32.2 Å². The van der Waals surface area contributed by atoms with Crippen molar-refractivity contribution in [2.45, 2.75) is 47.5 Å². The number of carbonyl (C=O) groups is 2. The zero-order valence-corrected chi connectivity index (χ0v) is 24.5. The van der Waals surface area contributed by atoms with Crippen LogP contribution in [0.4, 0.5) is 0 Å². The minimum absolute atomic E-state index is 0.0104. The predicted octanol–water partition coefficient (Wildman–Crippen LogP) is 7.18. The summed E-state index contributed by atoms with van der Waals surface area (Å²) >= 11 is 0. The number of ether oxygens (including phenoxy) is 5. The fourth-order valence-electron chi connectivity index (χ4n) is 4.38. The number of hydrogen-bond acceptors (Lipinski definition) is 7. The highest BCUT2D eigenvalue weighted by Gasteiger charge is 2.19. The molecule has 7 heteroatoms. The smallest absolute Gasteiger partial charge is 0.342 e. The normalized spacial score (nSPS) is 10.6. The number of carbonyl (C=O) groups excluding carboxylic acids is 2. The van der Waals surface area contributed by atoms with Crippen molar-refractivity contribution in [3.05, 3.63) is 118 Å². The maximum atomic E-state index is 12.8. The molecule has 0 saturated heterocycles. The largest absolute Gasteiger partial charge is 0.489 e. The van der Waals surface area contributed by atoms with Gasteiger partial charge in [0.15, 0.2) is 5.78 Å². The first-order valence-electron chi connectivity index (χ1n) is 13.9. The number of rotatable bonds is 14. The third-order valence-corrected chi connectivity index (χ3v) is 6.40. The first-order chi connectivity index (χ1) is 20.3. The van der Waals surface area contributed by atoms with Crippen LogP contribution in [0.2, 0.25) is 0 Å². The number of Topliss-reactive ketones (excluding diaryl/α,β-unsaturated/α-hetero) is 1. The molecule has 0 spiro atoms. The summed E-state index contributed by atoms with van der Waals surface area (Å²) in [5.41, 5.74) is 4.74. The molecule has 0 aliphatic rings. The molecular weight excluding hydrogens is 532 g/mol.